The Balaban J connectivity index is 1.61. The van der Waals surface area contributed by atoms with Gasteiger partial charge < -0.3 is 9.72 Å². The molecule has 0 aliphatic carbocycles. The largest absolute Gasteiger partial charge is 0.373 e. The van der Waals surface area contributed by atoms with E-state index >= 15 is 0 Å². The highest BCUT2D eigenvalue weighted by atomic mass is 35.5. The molecule has 3 aromatic rings. The quantitative estimate of drug-likeness (QED) is 0.637. The van der Waals surface area contributed by atoms with Crippen LogP contribution in [0.1, 0.15) is 24.2 Å². The number of fused-ring (bicyclic) bond motifs is 1. The van der Waals surface area contributed by atoms with Gasteiger partial charge in [-0.15, -0.1) is 0 Å². The van der Waals surface area contributed by atoms with Crippen molar-refractivity contribution in [2.45, 2.75) is 31.0 Å². The van der Waals surface area contributed by atoms with E-state index in [1.54, 1.807) is 0 Å². The SMILES string of the molecule is C[C@@H]1CN(S(=O)(=O)c2cc(C(=O)Nc3nc4ccccc4[nH]3)ccc2Cl)C[C@@H](C)O1. The number of H-pyrrole nitrogens is 1. The van der Waals surface area contributed by atoms with Gasteiger partial charge in [-0.25, -0.2) is 13.4 Å². The molecule has 10 heteroatoms. The van der Waals surface area contributed by atoms with Crippen LogP contribution in [0.15, 0.2) is 47.4 Å². The number of morpholine rings is 1. The summed E-state index contributed by atoms with van der Waals surface area (Å²) in [7, 11) is -3.89. The van der Waals surface area contributed by atoms with Crippen LogP contribution in [0.3, 0.4) is 0 Å². The molecule has 1 aliphatic heterocycles. The molecular weight excluding hydrogens is 428 g/mol. The van der Waals surface area contributed by atoms with Crippen molar-refractivity contribution in [2.75, 3.05) is 18.4 Å². The second-order valence-electron chi connectivity index (χ2n) is 7.28. The van der Waals surface area contributed by atoms with Gasteiger partial charge in [0.15, 0.2) is 0 Å². The molecular formula is C20H21ClN4O4S. The zero-order valence-electron chi connectivity index (χ0n) is 16.4. The number of carbonyl (C=O) groups excluding carboxylic acids is 1. The molecule has 0 saturated carbocycles. The summed E-state index contributed by atoms with van der Waals surface area (Å²) in [6.45, 7) is 4.07. The van der Waals surface area contributed by atoms with E-state index < -0.39 is 15.9 Å². The second-order valence-corrected chi connectivity index (χ2v) is 9.59. The number of hydrogen-bond acceptors (Lipinski definition) is 5. The van der Waals surface area contributed by atoms with Crippen molar-refractivity contribution in [3.05, 3.63) is 53.1 Å². The van der Waals surface area contributed by atoms with Gasteiger partial charge in [-0.05, 0) is 44.2 Å². The summed E-state index contributed by atoms with van der Waals surface area (Å²) in [5.74, 6) is -0.220. The molecule has 2 aromatic carbocycles. The third kappa shape index (κ3) is 4.06. The van der Waals surface area contributed by atoms with Gasteiger partial charge in [0.05, 0.1) is 28.3 Å². The van der Waals surface area contributed by atoms with Crippen molar-refractivity contribution >= 4 is 44.5 Å². The van der Waals surface area contributed by atoms with E-state index in [2.05, 4.69) is 15.3 Å². The van der Waals surface area contributed by atoms with Crippen molar-refractivity contribution in [3.63, 3.8) is 0 Å². The molecule has 8 nitrogen and oxygen atoms in total. The molecule has 2 N–H and O–H groups in total. The summed E-state index contributed by atoms with van der Waals surface area (Å²) in [6, 6.07) is 11.5. The average Bonchev–Trinajstić information content (AvgIpc) is 3.09. The molecule has 0 radical (unpaired) electrons. The Kier molecular flexibility index (Phi) is 5.54. The summed E-state index contributed by atoms with van der Waals surface area (Å²) in [6.07, 6.45) is -0.469. The number of hydrogen-bond donors (Lipinski definition) is 2. The normalized spacial score (nSPS) is 20.4. The fourth-order valence-electron chi connectivity index (χ4n) is 3.50. The number of rotatable bonds is 4. The lowest BCUT2D eigenvalue weighted by Crippen LogP contribution is -2.48. The topological polar surface area (TPSA) is 104 Å². The highest BCUT2D eigenvalue weighted by molar-refractivity contribution is 7.89. The van der Waals surface area contributed by atoms with Crippen molar-refractivity contribution < 1.29 is 17.9 Å². The van der Waals surface area contributed by atoms with E-state index in [9.17, 15) is 13.2 Å². The number of sulfonamides is 1. The Morgan fingerprint density at radius 1 is 1.20 bits per heavy atom. The van der Waals surface area contributed by atoms with Crippen LogP contribution in [0.2, 0.25) is 5.02 Å². The van der Waals surface area contributed by atoms with Gasteiger partial charge in [-0.1, -0.05) is 23.7 Å². The highest BCUT2D eigenvalue weighted by Crippen LogP contribution is 2.28. The molecule has 2 atom stereocenters. The monoisotopic (exact) mass is 448 g/mol. The fraction of sp³-hybridized carbons (Fsp3) is 0.300. The predicted octanol–water partition coefficient (Wildman–Crippen LogP) is 3.27. The zero-order chi connectivity index (χ0) is 21.5. The predicted molar refractivity (Wildman–Crippen MR) is 114 cm³/mol. The third-order valence-electron chi connectivity index (χ3n) is 4.82. The maximum absolute atomic E-state index is 13.2. The number of para-hydroxylation sites is 2. The minimum atomic E-state index is -3.89. The first-order chi connectivity index (χ1) is 14.2. The van der Waals surface area contributed by atoms with Crippen molar-refractivity contribution in [1.29, 1.82) is 0 Å². The van der Waals surface area contributed by atoms with E-state index in [0.717, 1.165) is 5.52 Å². The van der Waals surface area contributed by atoms with Crippen LogP contribution < -0.4 is 5.32 Å². The van der Waals surface area contributed by atoms with Gasteiger partial charge in [0.1, 0.15) is 4.90 Å². The molecule has 158 valence electrons. The fourth-order valence-corrected chi connectivity index (χ4v) is 5.59. The molecule has 1 saturated heterocycles. The van der Waals surface area contributed by atoms with Crippen LogP contribution in [0.4, 0.5) is 5.95 Å². The molecule has 30 heavy (non-hydrogen) atoms. The lowest BCUT2D eigenvalue weighted by Gasteiger charge is -2.34. The third-order valence-corrected chi connectivity index (χ3v) is 7.13. The van der Waals surface area contributed by atoms with E-state index in [4.69, 9.17) is 16.3 Å². The summed E-state index contributed by atoms with van der Waals surface area (Å²) in [5, 5.41) is 2.72. The summed E-state index contributed by atoms with van der Waals surface area (Å²) in [4.78, 5) is 19.9. The van der Waals surface area contributed by atoms with Crippen molar-refractivity contribution in [3.8, 4) is 0 Å². The molecule has 0 spiro atoms. The summed E-state index contributed by atoms with van der Waals surface area (Å²) >= 11 is 6.20. The minimum Gasteiger partial charge on any atom is -0.373 e. The van der Waals surface area contributed by atoms with E-state index in [0.29, 0.717) is 5.52 Å². The lowest BCUT2D eigenvalue weighted by atomic mass is 10.2. The maximum Gasteiger partial charge on any atom is 0.258 e. The van der Waals surface area contributed by atoms with Gasteiger partial charge in [-0.3, -0.25) is 10.1 Å². The van der Waals surface area contributed by atoms with Crippen LogP contribution in [0.25, 0.3) is 11.0 Å². The summed E-state index contributed by atoms with van der Waals surface area (Å²) in [5.41, 5.74) is 1.65. The molecule has 1 aliphatic rings. The van der Waals surface area contributed by atoms with Crippen LogP contribution in [0, 0.1) is 0 Å². The molecule has 1 aromatic heterocycles. The van der Waals surface area contributed by atoms with E-state index in [1.807, 2.05) is 38.1 Å². The maximum atomic E-state index is 13.2. The number of imidazole rings is 1. The number of aromatic amines is 1. The van der Waals surface area contributed by atoms with Crippen molar-refractivity contribution in [1.82, 2.24) is 14.3 Å². The Hall–Kier alpha value is -2.46. The first-order valence-corrected chi connectivity index (χ1v) is 11.3. The molecule has 1 amide bonds. The van der Waals surface area contributed by atoms with Gasteiger partial charge in [0, 0.05) is 18.7 Å². The van der Waals surface area contributed by atoms with Crippen LogP contribution in [-0.4, -0.2) is 53.9 Å². The standard InChI is InChI=1S/C20H21ClN4O4S/c1-12-10-25(11-13(2)29-12)30(27,28)18-9-14(7-8-15(18)21)19(26)24-20-22-16-5-3-4-6-17(16)23-20/h3-9,12-13H,10-11H2,1-2H3,(H2,22,23,24,26)/t12-,13-/m1/s1. The number of nitrogens with one attached hydrogen (secondary N) is 2. The van der Waals surface area contributed by atoms with E-state index in [-0.39, 0.29) is 46.7 Å². The highest BCUT2D eigenvalue weighted by Gasteiger charge is 2.33. The Morgan fingerprint density at radius 3 is 2.60 bits per heavy atom. The van der Waals surface area contributed by atoms with Gasteiger partial charge in [-0.2, -0.15) is 4.31 Å². The number of nitrogens with zero attached hydrogens (tertiary/aromatic N) is 2. The molecule has 0 bridgehead atoms. The van der Waals surface area contributed by atoms with Crippen molar-refractivity contribution in [2.24, 2.45) is 0 Å². The Labute approximate surface area is 179 Å². The lowest BCUT2D eigenvalue weighted by molar-refractivity contribution is -0.0440. The van der Waals surface area contributed by atoms with Gasteiger partial charge in [0.25, 0.3) is 5.91 Å². The Bertz CT molecular complexity index is 1170. The number of ether oxygens (including phenoxy) is 1. The van der Waals surface area contributed by atoms with Crippen LogP contribution >= 0.6 is 11.6 Å². The van der Waals surface area contributed by atoms with E-state index in [1.165, 1.54) is 22.5 Å². The number of carbonyl (C=O) groups is 1. The smallest absolute Gasteiger partial charge is 0.258 e. The molecule has 4 rings (SSSR count). The average molecular weight is 449 g/mol. The molecule has 1 fully saturated rings. The number of aromatic nitrogens is 2. The summed E-state index contributed by atoms with van der Waals surface area (Å²) < 4.78 is 33.3. The number of halogens is 1. The number of amides is 1. The number of benzene rings is 2. The molecule has 2 heterocycles. The van der Waals surface area contributed by atoms with Crippen LogP contribution in [0.5, 0.6) is 0 Å². The van der Waals surface area contributed by atoms with Gasteiger partial charge in [0.2, 0.25) is 16.0 Å². The minimum absolute atomic E-state index is 0.0575. The second kappa shape index (κ2) is 7.99. The number of anilines is 1. The van der Waals surface area contributed by atoms with Crippen LogP contribution in [-0.2, 0) is 14.8 Å². The molecule has 0 unspecified atom stereocenters. The first-order valence-electron chi connectivity index (χ1n) is 9.45. The zero-order valence-corrected chi connectivity index (χ0v) is 18.0. The van der Waals surface area contributed by atoms with Gasteiger partial charge >= 0.3 is 0 Å². The first kappa shape index (κ1) is 20.8. The Morgan fingerprint density at radius 2 is 1.90 bits per heavy atom.